The maximum Gasteiger partial charge on any atom is 0.254 e. The van der Waals surface area contributed by atoms with Gasteiger partial charge in [-0.05, 0) is 49.0 Å². The van der Waals surface area contributed by atoms with Crippen molar-refractivity contribution in [2.75, 3.05) is 20.1 Å². The lowest BCUT2D eigenvalue weighted by Crippen LogP contribution is -2.36. The SMILES string of the molecule is CC(C)N(C)CCNC(=O)c1cccc(Br)c1F. The van der Waals surface area contributed by atoms with Gasteiger partial charge in [0, 0.05) is 19.1 Å². The molecule has 0 aliphatic carbocycles. The van der Waals surface area contributed by atoms with Crippen molar-refractivity contribution in [3.63, 3.8) is 0 Å². The van der Waals surface area contributed by atoms with Crippen LogP contribution in [0.25, 0.3) is 0 Å². The molecule has 0 bridgehead atoms. The Morgan fingerprint density at radius 3 is 2.78 bits per heavy atom. The number of carbonyl (C=O) groups excluding carboxylic acids is 1. The highest BCUT2D eigenvalue weighted by molar-refractivity contribution is 9.10. The summed E-state index contributed by atoms with van der Waals surface area (Å²) < 4.78 is 13.9. The van der Waals surface area contributed by atoms with Crippen molar-refractivity contribution in [3.8, 4) is 0 Å². The van der Waals surface area contributed by atoms with Gasteiger partial charge < -0.3 is 10.2 Å². The number of nitrogens with zero attached hydrogens (tertiary/aromatic N) is 1. The van der Waals surface area contributed by atoms with E-state index in [1.807, 2.05) is 7.05 Å². The van der Waals surface area contributed by atoms with Crippen LogP contribution in [0, 0.1) is 5.82 Å². The number of carbonyl (C=O) groups is 1. The van der Waals surface area contributed by atoms with Gasteiger partial charge in [0.1, 0.15) is 5.82 Å². The molecule has 1 N–H and O–H groups in total. The molecule has 1 amide bonds. The molecule has 1 aromatic rings. The van der Waals surface area contributed by atoms with E-state index < -0.39 is 5.82 Å². The maximum absolute atomic E-state index is 13.6. The summed E-state index contributed by atoms with van der Waals surface area (Å²) in [6.45, 7) is 5.39. The molecule has 100 valence electrons. The van der Waals surface area contributed by atoms with Gasteiger partial charge >= 0.3 is 0 Å². The van der Waals surface area contributed by atoms with Gasteiger partial charge in [-0.3, -0.25) is 4.79 Å². The number of benzene rings is 1. The van der Waals surface area contributed by atoms with Crippen LogP contribution in [0.2, 0.25) is 0 Å². The second-order valence-corrected chi connectivity index (χ2v) is 5.29. The van der Waals surface area contributed by atoms with Gasteiger partial charge in [-0.25, -0.2) is 4.39 Å². The van der Waals surface area contributed by atoms with Crippen molar-refractivity contribution in [2.24, 2.45) is 0 Å². The Morgan fingerprint density at radius 1 is 1.50 bits per heavy atom. The first kappa shape index (κ1) is 15.1. The molecule has 0 saturated heterocycles. The van der Waals surface area contributed by atoms with Crippen LogP contribution in [-0.4, -0.2) is 37.0 Å². The molecule has 0 aromatic heterocycles. The molecule has 3 nitrogen and oxygen atoms in total. The molecule has 0 spiro atoms. The number of rotatable bonds is 5. The monoisotopic (exact) mass is 316 g/mol. The highest BCUT2D eigenvalue weighted by Gasteiger charge is 2.13. The molecule has 0 aliphatic heterocycles. The molecule has 0 aliphatic rings. The van der Waals surface area contributed by atoms with E-state index in [2.05, 4.69) is 40.0 Å². The van der Waals surface area contributed by atoms with Gasteiger partial charge in [0.15, 0.2) is 0 Å². The number of amides is 1. The van der Waals surface area contributed by atoms with Crippen molar-refractivity contribution >= 4 is 21.8 Å². The topological polar surface area (TPSA) is 32.3 Å². The van der Waals surface area contributed by atoms with E-state index in [-0.39, 0.29) is 11.5 Å². The number of likely N-dealkylation sites (N-methyl/N-ethyl adjacent to an activating group) is 1. The fourth-order valence-electron chi connectivity index (χ4n) is 1.38. The highest BCUT2D eigenvalue weighted by atomic mass is 79.9. The van der Waals surface area contributed by atoms with Gasteiger partial charge in [0.25, 0.3) is 5.91 Å². The van der Waals surface area contributed by atoms with Crippen LogP contribution in [0.3, 0.4) is 0 Å². The van der Waals surface area contributed by atoms with Crippen molar-refractivity contribution in [2.45, 2.75) is 19.9 Å². The Balaban J connectivity index is 2.54. The van der Waals surface area contributed by atoms with Crippen LogP contribution in [0.5, 0.6) is 0 Å². The fraction of sp³-hybridized carbons (Fsp3) is 0.462. The first-order chi connectivity index (χ1) is 8.43. The molecular weight excluding hydrogens is 299 g/mol. The first-order valence-electron chi connectivity index (χ1n) is 5.86. The molecule has 0 atom stereocenters. The Kier molecular flexibility index (Phi) is 5.75. The van der Waals surface area contributed by atoms with Crippen molar-refractivity contribution < 1.29 is 9.18 Å². The van der Waals surface area contributed by atoms with Crippen LogP contribution < -0.4 is 5.32 Å². The third-order valence-electron chi connectivity index (χ3n) is 2.83. The lowest BCUT2D eigenvalue weighted by molar-refractivity contribution is 0.0944. The summed E-state index contributed by atoms with van der Waals surface area (Å²) in [5.74, 6) is -0.904. The van der Waals surface area contributed by atoms with Crippen LogP contribution in [-0.2, 0) is 0 Å². The lowest BCUT2D eigenvalue weighted by atomic mass is 10.2. The second kappa shape index (κ2) is 6.85. The number of hydrogen-bond donors (Lipinski definition) is 1. The van der Waals surface area contributed by atoms with Crippen LogP contribution >= 0.6 is 15.9 Å². The molecule has 0 saturated carbocycles. The molecule has 0 radical (unpaired) electrons. The van der Waals surface area contributed by atoms with Gasteiger partial charge in [0.2, 0.25) is 0 Å². The molecule has 18 heavy (non-hydrogen) atoms. The van der Waals surface area contributed by atoms with Crippen LogP contribution in [0.1, 0.15) is 24.2 Å². The molecule has 1 aromatic carbocycles. The molecular formula is C13H18BrFN2O. The van der Waals surface area contributed by atoms with E-state index in [0.29, 0.717) is 17.1 Å². The number of hydrogen-bond acceptors (Lipinski definition) is 2. The van der Waals surface area contributed by atoms with Crippen molar-refractivity contribution in [3.05, 3.63) is 34.1 Å². The quantitative estimate of drug-likeness (QED) is 0.905. The zero-order valence-electron chi connectivity index (χ0n) is 10.8. The smallest absolute Gasteiger partial charge is 0.254 e. The minimum atomic E-state index is -0.521. The van der Waals surface area contributed by atoms with E-state index in [4.69, 9.17) is 0 Å². The van der Waals surface area contributed by atoms with E-state index >= 15 is 0 Å². The Labute approximate surface area is 115 Å². The molecule has 1 rings (SSSR count). The average Bonchev–Trinajstić information content (AvgIpc) is 2.32. The minimum absolute atomic E-state index is 0.0663. The first-order valence-corrected chi connectivity index (χ1v) is 6.65. The van der Waals surface area contributed by atoms with Crippen molar-refractivity contribution in [1.29, 1.82) is 0 Å². The third-order valence-corrected chi connectivity index (χ3v) is 3.44. The number of nitrogens with one attached hydrogen (secondary N) is 1. The predicted molar refractivity (Wildman–Crippen MR) is 74.2 cm³/mol. The summed E-state index contributed by atoms with van der Waals surface area (Å²) in [6.07, 6.45) is 0. The Hall–Kier alpha value is -0.940. The zero-order valence-corrected chi connectivity index (χ0v) is 12.4. The zero-order chi connectivity index (χ0) is 13.7. The molecule has 0 unspecified atom stereocenters. The normalized spacial score (nSPS) is 11.1. The average molecular weight is 317 g/mol. The van der Waals surface area contributed by atoms with Gasteiger partial charge in [0.05, 0.1) is 10.0 Å². The maximum atomic E-state index is 13.6. The van der Waals surface area contributed by atoms with E-state index in [1.165, 1.54) is 6.07 Å². The Morgan fingerprint density at radius 2 is 2.17 bits per heavy atom. The van der Waals surface area contributed by atoms with E-state index in [9.17, 15) is 9.18 Å². The van der Waals surface area contributed by atoms with E-state index in [0.717, 1.165) is 6.54 Å². The highest BCUT2D eigenvalue weighted by Crippen LogP contribution is 2.18. The van der Waals surface area contributed by atoms with Gasteiger partial charge in [-0.1, -0.05) is 6.07 Å². The largest absolute Gasteiger partial charge is 0.351 e. The lowest BCUT2D eigenvalue weighted by Gasteiger charge is -2.20. The van der Waals surface area contributed by atoms with Crippen LogP contribution in [0.4, 0.5) is 4.39 Å². The van der Waals surface area contributed by atoms with Gasteiger partial charge in [-0.15, -0.1) is 0 Å². The Bertz CT molecular complexity index is 423. The molecule has 5 heteroatoms. The second-order valence-electron chi connectivity index (χ2n) is 4.43. The molecule has 0 fully saturated rings. The van der Waals surface area contributed by atoms with Crippen molar-refractivity contribution in [1.82, 2.24) is 10.2 Å². The summed E-state index contributed by atoms with van der Waals surface area (Å²) in [5.41, 5.74) is 0.0663. The number of halogens is 2. The summed E-state index contributed by atoms with van der Waals surface area (Å²) in [6, 6.07) is 5.10. The third kappa shape index (κ3) is 4.07. The van der Waals surface area contributed by atoms with Crippen LogP contribution in [0.15, 0.2) is 22.7 Å². The fourth-order valence-corrected chi connectivity index (χ4v) is 1.74. The minimum Gasteiger partial charge on any atom is -0.351 e. The summed E-state index contributed by atoms with van der Waals surface area (Å²) in [4.78, 5) is 13.9. The summed E-state index contributed by atoms with van der Waals surface area (Å²) in [7, 11) is 1.98. The standard InChI is InChI=1S/C13H18BrFN2O/c1-9(2)17(3)8-7-16-13(18)10-5-4-6-11(14)12(10)15/h4-6,9H,7-8H2,1-3H3,(H,16,18). The molecule has 0 heterocycles. The summed E-state index contributed by atoms with van der Waals surface area (Å²) >= 11 is 3.06. The van der Waals surface area contributed by atoms with Gasteiger partial charge in [-0.2, -0.15) is 0 Å². The predicted octanol–water partition coefficient (Wildman–Crippen LogP) is 2.66. The van der Waals surface area contributed by atoms with E-state index in [1.54, 1.807) is 12.1 Å². The summed E-state index contributed by atoms with van der Waals surface area (Å²) in [5, 5.41) is 2.71.